The molecule has 29 heavy (non-hydrogen) atoms. The van der Waals surface area contributed by atoms with Crippen LogP contribution in [0.3, 0.4) is 0 Å². The maximum atomic E-state index is 13.2. The highest BCUT2D eigenvalue weighted by atomic mass is 19.4. The summed E-state index contributed by atoms with van der Waals surface area (Å²) in [5.41, 5.74) is 0.916. The van der Waals surface area contributed by atoms with Crippen molar-refractivity contribution in [1.29, 1.82) is 0 Å². The Morgan fingerprint density at radius 2 is 1.62 bits per heavy atom. The molecule has 2 heterocycles. The van der Waals surface area contributed by atoms with Crippen LogP contribution in [-0.4, -0.2) is 20.5 Å². The summed E-state index contributed by atoms with van der Waals surface area (Å²) >= 11 is 0. The van der Waals surface area contributed by atoms with Gasteiger partial charge in [-0.2, -0.15) is 18.2 Å². The van der Waals surface area contributed by atoms with Gasteiger partial charge in [0.1, 0.15) is 5.82 Å². The molecule has 0 atom stereocenters. The van der Waals surface area contributed by atoms with Crippen LogP contribution in [0, 0.1) is 6.92 Å². The molecule has 0 aliphatic heterocycles. The van der Waals surface area contributed by atoms with Crippen molar-refractivity contribution < 1.29 is 13.2 Å². The van der Waals surface area contributed by atoms with E-state index in [4.69, 9.17) is 0 Å². The molecule has 0 bridgehead atoms. The number of aromatic nitrogens is 3. The Morgan fingerprint density at radius 1 is 0.931 bits per heavy atom. The van der Waals surface area contributed by atoms with Crippen LogP contribution < -0.4 is 10.6 Å². The minimum absolute atomic E-state index is 0.106. The van der Waals surface area contributed by atoms with E-state index < -0.39 is 11.7 Å². The van der Waals surface area contributed by atoms with E-state index in [1.807, 2.05) is 32.9 Å². The van der Waals surface area contributed by atoms with E-state index in [1.165, 1.54) is 13.0 Å². The number of rotatable bonds is 4. The fourth-order valence-electron chi connectivity index (χ4n) is 2.79. The Morgan fingerprint density at radius 3 is 2.24 bits per heavy atom. The Kier molecular flexibility index (Phi) is 5.46. The normalized spacial score (nSPS) is 12.0. The maximum absolute atomic E-state index is 13.2. The third-order valence-electron chi connectivity index (χ3n) is 4.09. The van der Waals surface area contributed by atoms with Gasteiger partial charge in [-0.1, -0.05) is 6.07 Å². The SMILES string of the molecule is Cc1c(Nc2cc(-c3ccncc3)nc(NC(C)(C)C)n2)cccc1C(F)(F)F. The molecule has 0 spiro atoms. The lowest BCUT2D eigenvalue weighted by atomic mass is 10.1. The van der Waals surface area contributed by atoms with Gasteiger partial charge in [-0.15, -0.1) is 0 Å². The van der Waals surface area contributed by atoms with Crippen LogP contribution in [0.2, 0.25) is 0 Å². The van der Waals surface area contributed by atoms with Crippen molar-refractivity contribution in [1.82, 2.24) is 15.0 Å². The van der Waals surface area contributed by atoms with Crippen molar-refractivity contribution in [3.8, 4) is 11.3 Å². The topological polar surface area (TPSA) is 62.7 Å². The first-order valence-corrected chi connectivity index (χ1v) is 9.04. The molecule has 3 aromatic rings. The summed E-state index contributed by atoms with van der Waals surface area (Å²) in [7, 11) is 0. The number of hydrogen-bond acceptors (Lipinski definition) is 5. The van der Waals surface area contributed by atoms with Crippen molar-refractivity contribution in [2.75, 3.05) is 10.6 Å². The minimum atomic E-state index is -4.42. The molecular formula is C21H22F3N5. The molecule has 0 aliphatic rings. The summed E-state index contributed by atoms with van der Waals surface area (Å²) < 4.78 is 39.7. The lowest BCUT2D eigenvalue weighted by Crippen LogP contribution is -2.27. The Hall–Kier alpha value is -3.16. The van der Waals surface area contributed by atoms with Crippen LogP contribution in [-0.2, 0) is 6.18 Å². The van der Waals surface area contributed by atoms with Crippen LogP contribution in [0.25, 0.3) is 11.3 Å². The second-order valence-electron chi connectivity index (χ2n) is 7.67. The molecule has 3 rings (SSSR count). The fourth-order valence-corrected chi connectivity index (χ4v) is 2.79. The third-order valence-corrected chi connectivity index (χ3v) is 4.09. The molecule has 2 aromatic heterocycles. The van der Waals surface area contributed by atoms with E-state index >= 15 is 0 Å². The van der Waals surface area contributed by atoms with E-state index in [1.54, 1.807) is 24.5 Å². The van der Waals surface area contributed by atoms with E-state index in [-0.39, 0.29) is 11.1 Å². The standard InChI is InChI=1S/C21H22F3N5/c1-13-15(21(22,23)24)6-5-7-16(13)26-18-12-17(14-8-10-25-11-9-14)27-19(28-18)29-20(2,3)4/h5-12H,1-4H3,(H2,26,27,28,29). The van der Waals surface area contributed by atoms with E-state index in [0.717, 1.165) is 11.6 Å². The number of benzene rings is 1. The number of nitrogens with one attached hydrogen (secondary N) is 2. The average molecular weight is 401 g/mol. The Bertz CT molecular complexity index is 995. The predicted molar refractivity (Wildman–Crippen MR) is 108 cm³/mol. The summed E-state index contributed by atoms with van der Waals surface area (Å²) in [5.74, 6) is 0.764. The number of anilines is 3. The largest absolute Gasteiger partial charge is 0.416 e. The molecule has 5 nitrogen and oxygen atoms in total. The minimum Gasteiger partial charge on any atom is -0.350 e. The van der Waals surface area contributed by atoms with Gasteiger partial charge in [0.15, 0.2) is 0 Å². The van der Waals surface area contributed by atoms with E-state index in [0.29, 0.717) is 23.1 Å². The summed E-state index contributed by atoms with van der Waals surface area (Å²) in [6.07, 6.45) is -1.12. The maximum Gasteiger partial charge on any atom is 0.416 e. The molecule has 8 heteroatoms. The molecule has 2 N–H and O–H groups in total. The number of nitrogens with zero attached hydrogens (tertiary/aromatic N) is 3. The molecule has 0 aliphatic carbocycles. The molecule has 0 fully saturated rings. The summed E-state index contributed by atoms with van der Waals surface area (Å²) in [5, 5.41) is 6.22. The summed E-state index contributed by atoms with van der Waals surface area (Å²) in [6.45, 7) is 7.35. The number of pyridine rings is 1. The van der Waals surface area contributed by atoms with Gasteiger partial charge in [0.25, 0.3) is 0 Å². The highest BCUT2D eigenvalue weighted by molar-refractivity contribution is 5.69. The highest BCUT2D eigenvalue weighted by Crippen LogP contribution is 2.35. The zero-order valence-corrected chi connectivity index (χ0v) is 16.6. The number of alkyl halides is 3. The third kappa shape index (κ3) is 5.22. The molecule has 0 saturated heterocycles. The molecular weight excluding hydrogens is 379 g/mol. The summed E-state index contributed by atoms with van der Waals surface area (Å²) in [4.78, 5) is 13.0. The second kappa shape index (κ2) is 7.69. The molecule has 152 valence electrons. The van der Waals surface area contributed by atoms with Crippen molar-refractivity contribution in [2.45, 2.75) is 39.4 Å². The molecule has 0 radical (unpaired) electrons. The van der Waals surface area contributed by atoms with Gasteiger partial charge in [0.05, 0.1) is 11.3 Å². The average Bonchev–Trinajstić information content (AvgIpc) is 2.61. The fraction of sp³-hybridized carbons (Fsp3) is 0.286. The van der Waals surface area contributed by atoms with Gasteiger partial charge < -0.3 is 10.6 Å². The van der Waals surface area contributed by atoms with Crippen LogP contribution in [0.1, 0.15) is 31.9 Å². The number of halogens is 3. The van der Waals surface area contributed by atoms with Crippen molar-refractivity contribution in [3.05, 3.63) is 59.9 Å². The van der Waals surface area contributed by atoms with Gasteiger partial charge in [0.2, 0.25) is 5.95 Å². The monoisotopic (exact) mass is 401 g/mol. The Balaban J connectivity index is 2.04. The van der Waals surface area contributed by atoms with Crippen molar-refractivity contribution in [3.63, 3.8) is 0 Å². The van der Waals surface area contributed by atoms with Crippen LogP contribution in [0.4, 0.5) is 30.6 Å². The lowest BCUT2D eigenvalue weighted by molar-refractivity contribution is -0.138. The van der Waals surface area contributed by atoms with Crippen molar-refractivity contribution in [2.24, 2.45) is 0 Å². The van der Waals surface area contributed by atoms with E-state index in [9.17, 15) is 13.2 Å². The second-order valence-corrected chi connectivity index (χ2v) is 7.67. The van der Waals surface area contributed by atoms with E-state index in [2.05, 4.69) is 25.6 Å². The van der Waals surface area contributed by atoms with Crippen LogP contribution in [0.5, 0.6) is 0 Å². The first kappa shape index (κ1) is 20.6. The lowest BCUT2D eigenvalue weighted by Gasteiger charge is -2.22. The van der Waals surface area contributed by atoms with Crippen molar-refractivity contribution >= 4 is 17.5 Å². The summed E-state index contributed by atoms with van der Waals surface area (Å²) in [6, 6.07) is 9.34. The first-order chi connectivity index (χ1) is 13.5. The quantitative estimate of drug-likeness (QED) is 0.577. The van der Waals surface area contributed by atoms with Crippen LogP contribution >= 0.6 is 0 Å². The van der Waals surface area contributed by atoms with Gasteiger partial charge >= 0.3 is 6.18 Å². The molecule has 0 saturated carbocycles. The van der Waals surface area contributed by atoms with Gasteiger partial charge in [-0.05, 0) is 57.5 Å². The highest BCUT2D eigenvalue weighted by Gasteiger charge is 2.33. The van der Waals surface area contributed by atoms with Gasteiger partial charge in [0, 0.05) is 35.2 Å². The smallest absolute Gasteiger partial charge is 0.350 e. The zero-order chi connectivity index (χ0) is 21.2. The zero-order valence-electron chi connectivity index (χ0n) is 16.6. The van der Waals surface area contributed by atoms with Gasteiger partial charge in [-0.3, -0.25) is 4.98 Å². The number of hydrogen-bond donors (Lipinski definition) is 2. The molecule has 0 amide bonds. The van der Waals surface area contributed by atoms with Gasteiger partial charge in [-0.25, -0.2) is 4.98 Å². The Labute approximate surface area is 167 Å². The first-order valence-electron chi connectivity index (χ1n) is 9.04. The molecule has 0 unspecified atom stereocenters. The predicted octanol–water partition coefficient (Wildman–Crippen LogP) is 5.82. The molecule has 1 aromatic carbocycles. The van der Waals surface area contributed by atoms with Crippen LogP contribution in [0.15, 0.2) is 48.8 Å².